The van der Waals surface area contributed by atoms with Crippen LogP contribution in [-0.2, 0) is 0 Å². The zero-order chi connectivity index (χ0) is 23.1. The molecule has 1 aliphatic heterocycles. The van der Waals surface area contributed by atoms with Crippen molar-refractivity contribution in [2.24, 2.45) is 5.92 Å². The number of benzene rings is 2. The summed E-state index contributed by atoms with van der Waals surface area (Å²) in [7, 11) is 0. The van der Waals surface area contributed by atoms with E-state index in [1.807, 2.05) is 18.2 Å². The lowest BCUT2D eigenvalue weighted by molar-refractivity contribution is -0.387. The van der Waals surface area contributed by atoms with Crippen molar-refractivity contribution >= 4 is 29.3 Å². The van der Waals surface area contributed by atoms with Gasteiger partial charge in [0.15, 0.2) is 0 Å². The van der Waals surface area contributed by atoms with Gasteiger partial charge in [-0.25, -0.2) is 0 Å². The molecule has 1 aliphatic rings. The van der Waals surface area contributed by atoms with Gasteiger partial charge < -0.3 is 10.2 Å². The molecule has 32 heavy (non-hydrogen) atoms. The lowest BCUT2D eigenvalue weighted by Gasteiger charge is -2.32. The van der Waals surface area contributed by atoms with Gasteiger partial charge in [-0.1, -0.05) is 32.0 Å². The molecule has 0 saturated carbocycles. The molecule has 1 heterocycles. The zero-order valence-electron chi connectivity index (χ0n) is 18.5. The monoisotopic (exact) mass is 455 g/mol. The van der Waals surface area contributed by atoms with E-state index in [-0.39, 0.29) is 23.5 Å². The van der Waals surface area contributed by atoms with Crippen LogP contribution in [0.2, 0.25) is 0 Å². The van der Waals surface area contributed by atoms with Crippen LogP contribution in [0.3, 0.4) is 0 Å². The van der Waals surface area contributed by atoms with Gasteiger partial charge in [-0.15, -0.1) is 11.8 Å². The minimum atomic E-state index is -0.417. The molecule has 2 amide bonds. The standard InChI is InChI=1S/C24H29N3O4S/c1-17(2)12-15-32-22-9-8-19(16-21(22)27(30)31)24(29)26-13-10-20(11-14-26)25-23(28)18-6-4-3-5-7-18/h3-9,16-17,20H,10-15H2,1-2H3,(H,25,28). The van der Waals surface area contributed by atoms with E-state index in [9.17, 15) is 19.7 Å². The largest absolute Gasteiger partial charge is 0.349 e. The molecule has 2 aromatic rings. The molecule has 170 valence electrons. The topological polar surface area (TPSA) is 92.6 Å². The quantitative estimate of drug-likeness (QED) is 0.352. The first-order chi connectivity index (χ1) is 15.3. The Kier molecular flexibility index (Phi) is 8.27. The molecular weight excluding hydrogens is 426 g/mol. The predicted octanol–water partition coefficient (Wildman–Crippen LogP) is 4.77. The highest BCUT2D eigenvalue weighted by atomic mass is 32.2. The van der Waals surface area contributed by atoms with E-state index in [1.165, 1.54) is 17.8 Å². The van der Waals surface area contributed by atoms with Crippen LogP contribution < -0.4 is 5.32 Å². The number of carbonyl (C=O) groups is 2. The molecular formula is C24H29N3O4S. The molecule has 0 radical (unpaired) electrons. The molecule has 2 aromatic carbocycles. The molecule has 0 aromatic heterocycles. The van der Waals surface area contributed by atoms with E-state index >= 15 is 0 Å². The Morgan fingerprint density at radius 2 is 1.81 bits per heavy atom. The molecule has 0 atom stereocenters. The van der Waals surface area contributed by atoms with Crippen molar-refractivity contribution in [3.05, 3.63) is 69.8 Å². The summed E-state index contributed by atoms with van der Waals surface area (Å²) in [5.74, 6) is 1.01. The number of carbonyl (C=O) groups excluding carboxylic acids is 2. The normalized spacial score (nSPS) is 14.4. The van der Waals surface area contributed by atoms with Crippen LogP contribution in [-0.4, -0.2) is 46.5 Å². The zero-order valence-corrected chi connectivity index (χ0v) is 19.3. The van der Waals surface area contributed by atoms with Crippen molar-refractivity contribution in [2.75, 3.05) is 18.8 Å². The highest BCUT2D eigenvalue weighted by Crippen LogP contribution is 2.31. The number of amides is 2. The van der Waals surface area contributed by atoms with Crippen molar-refractivity contribution < 1.29 is 14.5 Å². The summed E-state index contributed by atoms with van der Waals surface area (Å²) in [4.78, 5) is 38.7. The third-order valence-electron chi connectivity index (χ3n) is 5.51. The third kappa shape index (κ3) is 6.32. The maximum Gasteiger partial charge on any atom is 0.283 e. The van der Waals surface area contributed by atoms with Crippen LogP contribution >= 0.6 is 11.8 Å². The summed E-state index contributed by atoms with van der Waals surface area (Å²) in [6.45, 7) is 5.23. The van der Waals surface area contributed by atoms with Gasteiger partial charge in [-0.05, 0) is 55.2 Å². The Hall–Kier alpha value is -2.87. The van der Waals surface area contributed by atoms with E-state index < -0.39 is 4.92 Å². The van der Waals surface area contributed by atoms with Gasteiger partial charge in [0.25, 0.3) is 17.5 Å². The molecule has 0 spiro atoms. The summed E-state index contributed by atoms with van der Waals surface area (Å²) in [6.07, 6.45) is 2.27. The highest BCUT2D eigenvalue weighted by Gasteiger charge is 2.26. The summed E-state index contributed by atoms with van der Waals surface area (Å²) in [5.41, 5.74) is 0.927. The molecule has 1 saturated heterocycles. The van der Waals surface area contributed by atoms with Crippen LogP contribution in [0.1, 0.15) is 53.8 Å². The first kappa shape index (κ1) is 23.8. The SMILES string of the molecule is CC(C)CCSc1ccc(C(=O)N2CCC(NC(=O)c3ccccc3)CC2)cc1[N+](=O)[O-]. The summed E-state index contributed by atoms with van der Waals surface area (Å²) in [6, 6.07) is 13.8. The molecule has 1 fully saturated rings. The van der Waals surface area contributed by atoms with Crippen LogP contribution in [0.4, 0.5) is 5.69 Å². The number of nitrogens with one attached hydrogen (secondary N) is 1. The van der Waals surface area contributed by atoms with E-state index in [0.29, 0.717) is 47.9 Å². The lowest BCUT2D eigenvalue weighted by atomic mass is 10.0. The van der Waals surface area contributed by atoms with Crippen LogP contribution in [0, 0.1) is 16.0 Å². The molecule has 0 unspecified atom stereocenters. The average molecular weight is 456 g/mol. The van der Waals surface area contributed by atoms with Crippen molar-refractivity contribution in [1.29, 1.82) is 0 Å². The number of thioether (sulfide) groups is 1. The Morgan fingerprint density at radius 3 is 2.44 bits per heavy atom. The molecule has 3 rings (SSSR count). The first-order valence-electron chi connectivity index (χ1n) is 10.9. The smallest absolute Gasteiger partial charge is 0.283 e. The van der Waals surface area contributed by atoms with Crippen molar-refractivity contribution in [3.8, 4) is 0 Å². The second kappa shape index (κ2) is 11.1. The van der Waals surface area contributed by atoms with Crippen LogP contribution in [0.25, 0.3) is 0 Å². The number of rotatable bonds is 8. The number of piperidine rings is 1. The molecule has 0 bridgehead atoms. The van der Waals surface area contributed by atoms with Gasteiger partial charge in [0.1, 0.15) is 0 Å². The van der Waals surface area contributed by atoms with E-state index in [1.54, 1.807) is 29.2 Å². The number of likely N-dealkylation sites (tertiary alicyclic amines) is 1. The van der Waals surface area contributed by atoms with Crippen LogP contribution in [0.15, 0.2) is 53.4 Å². The fraction of sp³-hybridized carbons (Fsp3) is 0.417. The fourth-order valence-corrected chi connectivity index (χ4v) is 4.84. The van der Waals surface area contributed by atoms with Gasteiger partial charge in [-0.2, -0.15) is 0 Å². The number of nitro groups is 1. The number of hydrogen-bond acceptors (Lipinski definition) is 5. The molecule has 0 aliphatic carbocycles. The number of hydrogen-bond donors (Lipinski definition) is 1. The second-order valence-corrected chi connectivity index (χ2v) is 9.51. The Balaban J connectivity index is 1.59. The average Bonchev–Trinajstić information content (AvgIpc) is 2.79. The highest BCUT2D eigenvalue weighted by molar-refractivity contribution is 7.99. The Morgan fingerprint density at radius 1 is 1.12 bits per heavy atom. The molecule has 7 nitrogen and oxygen atoms in total. The van der Waals surface area contributed by atoms with E-state index in [4.69, 9.17) is 0 Å². The predicted molar refractivity (Wildman–Crippen MR) is 126 cm³/mol. The summed E-state index contributed by atoms with van der Waals surface area (Å²) < 4.78 is 0. The van der Waals surface area contributed by atoms with Gasteiger partial charge in [0.2, 0.25) is 0 Å². The Bertz CT molecular complexity index is 957. The number of nitro benzene ring substituents is 1. The third-order valence-corrected chi connectivity index (χ3v) is 6.60. The van der Waals surface area contributed by atoms with Crippen molar-refractivity contribution in [3.63, 3.8) is 0 Å². The van der Waals surface area contributed by atoms with Crippen LogP contribution in [0.5, 0.6) is 0 Å². The second-order valence-electron chi connectivity index (χ2n) is 8.38. The van der Waals surface area contributed by atoms with Crippen molar-refractivity contribution in [1.82, 2.24) is 10.2 Å². The van der Waals surface area contributed by atoms with Gasteiger partial charge in [0, 0.05) is 36.3 Å². The van der Waals surface area contributed by atoms with Gasteiger partial charge in [0.05, 0.1) is 9.82 Å². The Labute approximate surface area is 192 Å². The fourth-order valence-electron chi connectivity index (χ4n) is 3.59. The van der Waals surface area contributed by atoms with Crippen molar-refractivity contribution in [2.45, 2.75) is 44.0 Å². The maximum absolute atomic E-state index is 12.9. The molecule has 1 N–H and O–H groups in total. The minimum absolute atomic E-state index is 0.000764. The first-order valence-corrected chi connectivity index (χ1v) is 11.9. The summed E-state index contributed by atoms with van der Waals surface area (Å²) in [5, 5.41) is 14.6. The van der Waals surface area contributed by atoms with E-state index in [2.05, 4.69) is 19.2 Å². The maximum atomic E-state index is 12.9. The van der Waals surface area contributed by atoms with Gasteiger partial charge >= 0.3 is 0 Å². The lowest BCUT2D eigenvalue weighted by Crippen LogP contribution is -2.46. The number of nitrogens with zero attached hydrogens (tertiary/aromatic N) is 2. The van der Waals surface area contributed by atoms with Gasteiger partial charge in [-0.3, -0.25) is 19.7 Å². The minimum Gasteiger partial charge on any atom is -0.349 e. The van der Waals surface area contributed by atoms with E-state index in [0.717, 1.165) is 12.2 Å². The molecule has 8 heteroatoms. The summed E-state index contributed by atoms with van der Waals surface area (Å²) >= 11 is 1.46.